The molecule has 4 rings (SSSR count). The van der Waals surface area contributed by atoms with Crippen LogP contribution in [0.4, 0.5) is 30.7 Å². The molecule has 9 heteroatoms. The molecule has 180 valence electrons. The van der Waals surface area contributed by atoms with E-state index in [9.17, 15) is 30.7 Å². The van der Waals surface area contributed by atoms with Gasteiger partial charge in [-0.15, -0.1) is 0 Å². The van der Waals surface area contributed by atoms with E-state index in [1.807, 2.05) is 6.07 Å². The highest BCUT2D eigenvalue weighted by molar-refractivity contribution is 5.38. The van der Waals surface area contributed by atoms with Crippen LogP contribution >= 0.6 is 0 Å². The molecule has 1 aliphatic rings. The molecule has 0 amide bonds. The average Bonchev–Trinajstić information content (AvgIpc) is 2.78. The summed E-state index contributed by atoms with van der Waals surface area (Å²) in [7, 11) is 0. The number of hydrogen-bond donors (Lipinski definition) is 0. The van der Waals surface area contributed by atoms with E-state index >= 15 is 0 Å². The van der Waals surface area contributed by atoms with Gasteiger partial charge in [0.2, 0.25) is 0 Å². The van der Waals surface area contributed by atoms with Crippen molar-refractivity contribution in [3.8, 4) is 0 Å². The van der Waals surface area contributed by atoms with Crippen molar-refractivity contribution >= 4 is 0 Å². The van der Waals surface area contributed by atoms with Crippen LogP contribution in [0.25, 0.3) is 0 Å². The smallest absolute Gasteiger partial charge is 0.370 e. The van der Waals surface area contributed by atoms with Crippen molar-refractivity contribution in [2.24, 2.45) is 0 Å². The van der Waals surface area contributed by atoms with Gasteiger partial charge in [0.25, 0.3) is 0 Å². The summed E-state index contributed by atoms with van der Waals surface area (Å²) in [6, 6.07) is 10.9. The molecule has 2 aromatic carbocycles. The van der Waals surface area contributed by atoms with Gasteiger partial charge in [-0.05, 0) is 72.9 Å². The number of alkyl halides is 6. The Labute approximate surface area is 191 Å². The quantitative estimate of drug-likeness (QED) is 0.359. The highest BCUT2D eigenvalue weighted by Crippen LogP contribution is 2.41. The molecular formula is C25H20F7NO. The van der Waals surface area contributed by atoms with Gasteiger partial charge in [0.1, 0.15) is 5.82 Å². The maximum absolute atomic E-state index is 13.5. The number of pyridine rings is 1. The van der Waals surface area contributed by atoms with Gasteiger partial charge in [0, 0.05) is 6.20 Å². The third kappa shape index (κ3) is 5.09. The Kier molecular flexibility index (Phi) is 6.42. The predicted molar refractivity (Wildman–Crippen MR) is 111 cm³/mol. The fourth-order valence-corrected chi connectivity index (χ4v) is 4.33. The summed E-state index contributed by atoms with van der Waals surface area (Å²) < 4.78 is 99.4. The van der Waals surface area contributed by atoms with Crippen LogP contribution in [0.3, 0.4) is 0 Å². The summed E-state index contributed by atoms with van der Waals surface area (Å²) in [5, 5.41) is 0. The minimum Gasteiger partial charge on any atom is -0.370 e. The Hall–Kier alpha value is -2.94. The number of ether oxygens (including phenoxy) is 1. The molecule has 1 aromatic heterocycles. The van der Waals surface area contributed by atoms with Gasteiger partial charge >= 0.3 is 12.4 Å². The predicted octanol–water partition coefficient (Wildman–Crippen LogP) is 7.48. The Morgan fingerprint density at radius 1 is 0.912 bits per heavy atom. The molecule has 3 atom stereocenters. The molecule has 3 unspecified atom stereocenters. The van der Waals surface area contributed by atoms with E-state index in [2.05, 4.69) is 4.98 Å². The molecule has 0 radical (unpaired) electrons. The number of fused-ring (bicyclic) bond motifs is 1. The molecule has 0 bridgehead atoms. The van der Waals surface area contributed by atoms with Crippen LogP contribution in [0.5, 0.6) is 0 Å². The summed E-state index contributed by atoms with van der Waals surface area (Å²) in [5.41, 5.74) is -0.664. The molecule has 0 aliphatic heterocycles. The first kappa shape index (κ1) is 24.2. The number of benzene rings is 2. The topological polar surface area (TPSA) is 22.1 Å². The molecule has 1 aliphatic carbocycles. The second-order valence-electron chi connectivity index (χ2n) is 8.27. The summed E-state index contributed by atoms with van der Waals surface area (Å²) in [4.78, 5) is 4.45. The summed E-state index contributed by atoms with van der Waals surface area (Å²) >= 11 is 0. The van der Waals surface area contributed by atoms with Crippen molar-refractivity contribution in [2.75, 3.05) is 0 Å². The first-order chi connectivity index (χ1) is 15.9. The first-order valence-corrected chi connectivity index (χ1v) is 10.6. The minimum atomic E-state index is -4.94. The van der Waals surface area contributed by atoms with Crippen molar-refractivity contribution in [3.63, 3.8) is 0 Å². The van der Waals surface area contributed by atoms with Crippen LogP contribution in [0.2, 0.25) is 0 Å². The zero-order valence-electron chi connectivity index (χ0n) is 17.9. The number of nitrogens with zero attached hydrogens (tertiary/aromatic N) is 1. The van der Waals surface area contributed by atoms with E-state index in [1.165, 1.54) is 19.1 Å². The van der Waals surface area contributed by atoms with E-state index in [1.54, 1.807) is 24.4 Å². The van der Waals surface area contributed by atoms with Crippen LogP contribution in [0.15, 0.2) is 60.8 Å². The molecular weight excluding hydrogens is 463 g/mol. The van der Waals surface area contributed by atoms with Crippen molar-refractivity contribution in [3.05, 3.63) is 100 Å². The van der Waals surface area contributed by atoms with Gasteiger partial charge in [0.05, 0.1) is 34.9 Å². The largest absolute Gasteiger partial charge is 0.416 e. The van der Waals surface area contributed by atoms with Crippen LogP contribution in [-0.4, -0.2) is 11.1 Å². The molecule has 2 nitrogen and oxygen atoms in total. The minimum absolute atomic E-state index is 0.0955. The Bertz CT molecular complexity index is 1120. The van der Waals surface area contributed by atoms with Crippen molar-refractivity contribution in [2.45, 2.75) is 50.2 Å². The molecule has 0 N–H and O–H groups in total. The highest BCUT2D eigenvalue weighted by atomic mass is 19.4. The fraction of sp³-hybridized carbons (Fsp3) is 0.320. The van der Waals surface area contributed by atoms with E-state index in [0.717, 1.165) is 5.56 Å². The third-order valence-electron chi connectivity index (χ3n) is 5.98. The number of hydrogen-bond acceptors (Lipinski definition) is 2. The van der Waals surface area contributed by atoms with Crippen molar-refractivity contribution in [1.29, 1.82) is 0 Å². The van der Waals surface area contributed by atoms with Crippen LogP contribution in [-0.2, 0) is 23.5 Å². The highest BCUT2D eigenvalue weighted by Gasteiger charge is 2.38. The lowest BCUT2D eigenvalue weighted by Crippen LogP contribution is -2.31. The van der Waals surface area contributed by atoms with E-state index in [4.69, 9.17) is 4.74 Å². The summed E-state index contributed by atoms with van der Waals surface area (Å²) in [5.74, 6) is -0.892. The molecule has 0 spiro atoms. The van der Waals surface area contributed by atoms with Gasteiger partial charge in [-0.3, -0.25) is 4.98 Å². The van der Waals surface area contributed by atoms with Crippen LogP contribution in [0.1, 0.15) is 58.9 Å². The van der Waals surface area contributed by atoms with E-state index < -0.39 is 47.4 Å². The average molecular weight is 483 g/mol. The second-order valence-corrected chi connectivity index (χ2v) is 8.27. The number of aromatic nitrogens is 1. The Balaban J connectivity index is 1.70. The zero-order valence-corrected chi connectivity index (χ0v) is 17.9. The lowest BCUT2D eigenvalue weighted by molar-refractivity contribution is -0.143. The molecule has 0 saturated heterocycles. The maximum atomic E-state index is 13.5. The van der Waals surface area contributed by atoms with Gasteiger partial charge in [0.15, 0.2) is 0 Å². The van der Waals surface area contributed by atoms with Gasteiger partial charge in [-0.2, -0.15) is 26.3 Å². The first-order valence-electron chi connectivity index (χ1n) is 10.6. The lowest BCUT2D eigenvalue weighted by atomic mass is 9.79. The normalized spacial score (nSPS) is 19.5. The van der Waals surface area contributed by atoms with Crippen LogP contribution < -0.4 is 0 Å². The van der Waals surface area contributed by atoms with Crippen molar-refractivity contribution < 1.29 is 35.5 Å². The number of halogens is 7. The number of aryl methyl sites for hydroxylation is 1. The molecule has 1 heterocycles. The molecule has 34 heavy (non-hydrogen) atoms. The monoisotopic (exact) mass is 483 g/mol. The fourth-order valence-electron chi connectivity index (χ4n) is 4.33. The molecule has 0 saturated carbocycles. The van der Waals surface area contributed by atoms with Gasteiger partial charge in [-0.1, -0.05) is 18.2 Å². The van der Waals surface area contributed by atoms with Gasteiger partial charge < -0.3 is 4.74 Å². The SMILES string of the molecule is CC(OC1CCc2cccnc2C1c1ccc(F)cc1)c1cc(C(F)(F)F)cc(C(F)(F)F)c1. The number of rotatable bonds is 4. The van der Waals surface area contributed by atoms with E-state index in [0.29, 0.717) is 36.2 Å². The van der Waals surface area contributed by atoms with Gasteiger partial charge in [-0.25, -0.2) is 4.39 Å². The standard InChI is InChI=1S/C25H20F7NO/c1-14(17-11-18(24(27,28)29)13-19(12-17)25(30,31)32)34-21-9-6-16-3-2-10-33-23(16)22(21)15-4-7-20(26)8-5-15/h2-5,7-8,10-14,21-22H,6,9H2,1H3. The zero-order chi connectivity index (χ0) is 24.7. The third-order valence-corrected chi connectivity index (χ3v) is 5.98. The summed E-state index contributed by atoms with van der Waals surface area (Å²) in [6.07, 6.45) is -8.90. The Morgan fingerprint density at radius 3 is 2.12 bits per heavy atom. The second kappa shape index (κ2) is 9.02. The summed E-state index contributed by atoms with van der Waals surface area (Å²) in [6.45, 7) is 1.42. The molecule has 3 aromatic rings. The van der Waals surface area contributed by atoms with Crippen molar-refractivity contribution in [1.82, 2.24) is 4.98 Å². The maximum Gasteiger partial charge on any atom is 0.416 e. The van der Waals surface area contributed by atoms with E-state index in [-0.39, 0.29) is 11.6 Å². The Morgan fingerprint density at radius 2 is 1.53 bits per heavy atom. The molecule has 0 fully saturated rings. The lowest BCUT2D eigenvalue weighted by Gasteiger charge is -2.35. The van der Waals surface area contributed by atoms with Crippen LogP contribution in [0, 0.1) is 5.82 Å².